The molecule has 5 N–H and O–H groups in total. The maximum atomic E-state index is 13.4. The summed E-state index contributed by atoms with van der Waals surface area (Å²) >= 11 is 1.68. The number of likely N-dealkylation sites (tertiary alicyclic amines) is 4. The van der Waals surface area contributed by atoms with E-state index in [0.717, 1.165) is 109 Å². The Balaban J connectivity index is 0.000000114. The number of halogens is 1. The van der Waals surface area contributed by atoms with Gasteiger partial charge in [-0.3, -0.25) is 24.0 Å². The third-order valence-corrected chi connectivity index (χ3v) is 24.1. The first-order valence-corrected chi connectivity index (χ1v) is 35.5. The van der Waals surface area contributed by atoms with E-state index in [2.05, 4.69) is 50.9 Å². The van der Waals surface area contributed by atoms with Crippen molar-refractivity contribution in [1.82, 2.24) is 51.1 Å². The summed E-state index contributed by atoms with van der Waals surface area (Å²) in [5, 5.41) is 62.3. The van der Waals surface area contributed by atoms with Crippen molar-refractivity contribution in [1.29, 1.82) is 26.3 Å². The average molecular weight is 1230 g/mol. The van der Waals surface area contributed by atoms with Gasteiger partial charge in [-0.1, -0.05) is 51.4 Å². The van der Waals surface area contributed by atoms with Crippen molar-refractivity contribution in [2.75, 3.05) is 50.9 Å². The Morgan fingerprint density at radius 2 is 0.784 bits per heavy atom. The van der Waals surface area contributed by atoms with Crippen LogP contribution in [0, 0.1) is 98.1 Å². The lowest BCUT2D eigenvalue weighted by atomic mass is 9.78. The molecule has 0 aromatic rings. The van der Waals surface area contributed by atoms with Crippen LogP contribution in [-0.2, 0) is 24.0 Å². The van der Waals surface area contributed by atoms with E-state index in [9.17, 15) is 28.4 Å². The summed E-state index contributed by atoms with van der Waals surface area (Å²) in [5.41, 5.74) is 0. The van der Waals surface area contributed by atoms with Crippen molar-refractivity contribution in [2.45, 2.75) is 258 Å². The third kappa shape index (κ3) is 14.5. The molecular weight excluding hydrogens is 1130 g/mol. The minimum absolute atomic E-state index is 0.00995. The highest BCUT2D eigenvalue weighted by Gasteiger charge is 2.53. The van der Waals surface area contributed by atoms with Crippen LogP contribution in [0.5, 0.6) is 0 Å². The molecule has 9 unspecified atom stereocenters. The zero-order valence-electron chi connectivity index (χ0n) is 51.7. The van der Waals surface area contributed by atoms with Gasteiger partial charge in [0, 0.05) is 49.9 Å². The molecule has 0 aromatic heterocycles. The van der Waals surface area contributed by atoms with E-state index in [4.69, 9.17) is 26.3 Å². The van der Waals surface area contributed by atoms with Crippen molar-refractivity contribution in [3.05, 3.63) is 0 Å². The van der Waals surface area contributed by atoms with Gasteiger partial charge in [-0.2, -0.15) is 26.3 Å². The minimum atomic E-state index is -1.04. The van der Waals surface area contributed by atoms with Crippen LogP contribution in [0.2, 0.25) is 0 Å². The van der Waals surface area contributed by atoms with Gasteiger partial charge >= 0.3 is 0 Å². The molecule has 0 spiro atoms. The molecule has 15 aliphatic rings. The van der Waals surface area contributed by atoms with Crippen molar-refractivity contribution in [2.24, 2.45) is 41.4 Å². The van der Waals surface area contributed by atoms with Crippen LogP contribution in [0.25, 0.3) is 0 Å². The molecule has 0 bridgehead atoms. The molecule has 15 rings (SSSR count). The minimum Gasteiger partial charge on any atom is -0.325 e. The van der Waals surface area contributed by atoms with Crippen molar-refractivity contribution >= 4 is 41.3 Å². The number of nitrogens with zero attached hydrogens (tertiary/aromatic N) is 10. The number of nitrogens with one attached hydrogen (secondary N) is 5. The molecule has 10 aliphatic heterocycles. The van der Waals surface area contributed by atoms with Crippen LogP contribution in [0.4, 0.5) is 4.39 Å². The maximum Gasteiger partial charge on any atom is 0.241 e. The lowest BCUT2D eigenvalue weighted by Crippen LogP contribution is -2.48. The predicted molar refractivity (Wildman–Crippen MR) is 328 cm³/mol. The number of amides is 5. The summed E-state index contributed by atoms with van der Waals surface area (Å²) in [7, 11) is 0. The number of thioether (sulfide) groups is 1. The zero-order chi connectivity index (χ0) is 61.4. The van der Waals surface area contributed by atoms with Crippen molar-refractivity contribution < 1.29 is 28.4 Å². The first-order chi connectivity index (χ1) is 42.9. The molecule has 5 saturated carbocycles. The van der Waals surface area contributed by atoms with Gasteiger partial charge in [0.2, 0.25) is 29.5 Å². The summed E-state index contributed by atoms with van der Waals surface area (Å²) in [4.78, 5) is 70.7. The average Bonchev–Trinajstić information content (AvgIpc) is 2.45. The Kier molecular flexibility index (Phi) is 21.9. The van der Waals surface area contributed by atoms with Gasteiger partial charge < -0.3 is 51.1 Å². The second-order valence-electron chi connectivity index (χ2n) is 28.3. The van der Waals surface area contributed by atoms with Gasteiger partial charge in [0.1, 0.15) is 36.4 Å². The van der Waals surface area contributed by atoms with Gasteiger partial charge in [-0.15, -0.1) is 11.8 Å². The Bertz CT molecular complexity index is 2590. The monoisotopic (exact) mass is 1230 g/mol. The second-order valence-corrected chi connectivity index (χ2v) is 29.3. The van der Waals surface area contributed by atoms with Gasteiger partial charge in [0.15, 0.2) is 0 Å². The van der Waals surface area contributed by atoms with Crippen LogP contribution in [0.3, 0.4) is 0 Å². The number of carbonyl (C=O) groups excluding carboxylic acids is 5. The normalized spacial score (nSPS) is 40.5. The first kappa shape index (κ1) is 64.4. The highest BCUT2D eigenvalue weighted by molar-refractivity contribution is 7.99. The SMILES string of the molecule is N#C[C@@H]1CC(F)CN1C(=O)[C@@H]1CC2CCCCC2N1.N#C[C@@H]1CCCN1C(=O)[C@@H]1CC2CCCCC2N1.N#C[C@@H]1CCCN1C(=O)[C@H]1NCC2CCCCC21.N#C[C@@H]1CCCN1C(=O)[C@H]1NC[C@H]2C[C@H]21.N#C[C@@H]1CSCN1C(=O)[C@@H]1CC2CCCCC2N1. The Labute approximate surface area is 525 Å². The molecule has 21 atom stereocenters. The number of carbonyl (C=O) groups is 5. The molecular formula is C66H96FN15O5S. The largest absolute Gasteiger partial charge is 0.325 e. The van der Waals surface area contributed by atoms with E-state index in [0.29, 0.717) is 59.5 Å². The van der Waals surface area contributed by atoms with Crippen LogP contribution in [-0.4, -0.2) is 190 Å². The molecule has 10 saturated heterocycles. The van der Waals surface area contributed by atoms with Crippen LogP contribution in [0.1, 0.15) is 173 Å². The van der Waals surface area contributed by atoms with E-state index in [1.165, 1.54) is 108 Å². The Hall–Kier alpha value is -5.12. The van der Waals surface area contributed by atoms with E-state index < -0.39 is 12.2 Å². The molecule has 15 fully saturated rings. The number of alkyl halides is 1. The summed E-state index contributed by atoms with van der Waals surface area (Å²) in [5.74, 6) is 6.55. The lowest BCUT2D eigenvalue weighted by Gasteiger charge is -2.30. The summed E-state index contributed by atoms with van der Waals surface area (Å²) in [6.45, 7) is 4.38. The number of nitriles is 5. The van der Waals surface area contributed by atoms with Gasteiger partial charge in [0.05, 0.1) is 73.0 Å². The van der Waals surface area contributed by atoms with Crippen molar-refractivity contribution in [3.63, 3.8) is 0 Å². The van der Waals surface area contributed by atoms with E-state index >= 15 is 0 Å². The van der Waals surface area contributed by atoms with Crippen LogP contribution < -0.4 is 26.6 Å². The Morgan fingerprint density at radius 1 is 0.386 bits per heavy atom. The number of rotatable bonds is 5. The highest BCUT2D eigenvalue weighted by atomic mass is 32.2. The Morgan fingerprint density at radius 3 is 1.23 bits per heavy atom. The zero-order valence-corrected chi connectivity index (χ0v) is 52.5. The third-order valence-electron chi connectivity index (χ3n) is 23.1. The van der Waals surface area contributed by atoms with E-state index in [1.807, 2.05) is 11.0 Å². The fraction of sp³-hybridized carbons (Fsp3) is 0.848. The predicted octanol–water partition coefficient (Wildman–Crippen LogP) is 5.51. The number of fused-ring (bicyclic) bond motifs is 5. The smallest absolute Gasteiger partial charge is 0.241 e. The van der Waals surface area contributed by atoms with Gasteiger partial charge in [0.25, 0.3) is 0 Å². The summed E-state index contributed by atoms with van der Waals surface area (Å²) < 4.78 is 13.4. The summed E-state index contributed by atoms with van der Waals surface area (Å²) in [6.07, 6.45) is 28.6. The highest BCUT2D eigenvalue weighted by Crippen LogP contribution is 2.46. The molecule has 10 heterocycles. The van der Waals surface area contributed by atoms with Gasteiger partial charge in [-0.25, -0.2) is 4.39 Å². The lowest BCUT2D eigenvalue weighted by molar-refractivity contribution is -0.135. The molecule has 88 heavy (non-hydrogen) atoms. The first-order valence-electron chi connectivity index (χ1n) is 34.4. The number of piperidine rings is 1. The number of hydrogen-bond acceptors (Lipinski definition) is 16. The summed E-state index contributed by atoms with van der Waals surface area (Å²) in [6, 6.07) is 11.0. The van der Waals surface area contributed by atoms with Crippen molar-refractivity contribution in [3.8, 4) is 30.3 Å². The molecule has 478 valence electrons. The standard InChI is InChI=1S/C14H20FN3O.2C14H21N3O.C13H19N3OS.C11H15N3O/c15-10-6-11(7-16)18(8-10)14(19)13-5-9-3-1-2-4-12(9)17-13;15-8-11-5-3-7-17(11)14(18)13-12-6-2-1-4-10(12)9-16-13;15-9-11-5-3-7-17(11)14(18)13-8-10-4-1-2-6-12(10)16-13;14-6-10-7-18-8-16(10)13(17)12-5-9-3-1-2-4-11(9)15-12;12-5-8-2-1-3-14(8)11(15)10-9-4-7(9)6-13-10/h9-13,17H,1-6,8H2;10-13,16H,1-7,9H2;10-13,16H,1-8H2;9-12,15H,1-5,7-8H2;7-10,13H,1-4,6H2/t9?,10?,11-,12?,13-;2*10?,11-,12?,13-;9?,10-,11?,12+;7-,8+,9-,10+/m00011/s1. The molecule has 5 aliphatic carbocycles. The van der Waals surface area contributed by atoms with E-state index in [-0.39, 0.29) is 96.9 Å². The van der Waals surface area contributed by atoms with Crippen LogP contribution in [0.15, 0.2) is 0 Å². The maximum absolute atomic E-state index is 13.4. The second kappa shape index (κ2) is 29.9. The van der Waals surface area contributed by atoms with E-state index in [1.54, 1.807) is 26.5 Å². The fourth-order valence-electron chi connectivity index (χ4n) is 18.1. The molecule has 20 nitrogen and oxygen atoms in total. The quantitative estimate of drug-likeness (QED) is 0.227. The molecule has 0 aromatic carbocycles. The molecule has 22 heteroatoms. The topological polar surface area (TPSA) is 281 Å². The number of hydrogen-bond donors (Lipinski definition) is 5. The van der Waals surface area contributed by atoms with Crippen LogP contribution >= 0.6 is 11.8 Å². The molecule has 0 radical (unpaired) electrons. The molecule has 5 amide bonds. The van der Waals surface area contributed by atoms with Gasteiger partial charge in [-0.05, 0) is 170 Å². The fourth-order valence-corrected chi connectivity index (χ4v) is 19.2.